The van der Waals surface area contributed by atoms with Gasteiger partial charge in [0.15, 0.2) is 0 Å². The number of carbonyl (C=O) groups is 1. The number of aryl methyl sites for hydroxylation is 1. The lowest BCUT2D eigenvalue weighted by Gasteiger charge is -1.97. The second kappa shape index (κ2) is 3.57. The molecular formula is C11H10N2O2. The van der Waals surface area contributed by atoms with Crippen LogP contribution in [0.4, 0.5) is 0 Å². The Morgan fingerprint density at radius 1 is 1.27 bits per heavy atom. The molecule has 1 aromatic carbocycles. The molecule has 0 fully saturated rings. The molecule has 0 aliphatic heterocycles. The van der Waals surface area contributed by atoms with Gasteiger partial charge in [-0.1, -0.05) is 24.3 Å². The second-order valence-electron chi connectivity index (χ2n) is 3.31. The van der Waals surface area contributed by atoms with Gasteiger partial charge in [-0.15, -0.1) is 0 Å². The fourth-order valence-corrected chi connectivity index (χ4v) is 1.38. The standard InChI is InChI=1S/C11H10N2O2/c1-13-11(15)6-10(12-13)9-4-2-8(7-14)3-5-9/h2-7,12H,1H3. The Morgan fingerprint density at radius 2 is 1.93 bits per heavy atom. The third kappa shape index (κ3) is 1.74. The third-order valence-corrected chi connectivity index (χ3v) is 2.24. The highest BCUT2D eigenvalue weighted by atomic mass is 16.1. The SMILES string of the molecule is Cn1[nH]c(-c2ccc(C=O)cc2)cc1=O. The van der Waals surface area contributed by atoms with E-state index in [0.717, 1.165) is 17.5 Å². The first-order chi connectivity index (χ1) is 7.20. The van der Waals surface area contributed by atoms with E-state index in [9.17, 15) is 9.59 Å². The highest BCUT2D eigenvalue weighted by Crippen LogP contribution is 2.15. The van der Waals surface area contributed by atoms with Crippen LogP contribution in [0.15, 0.2) is 35.1 Å². The van der Waals surface area contributed by atoms with Crippen LogP contribution < -0.4 is 5.56 Å². The summed E-state index contributed by atoms with van der Waals surface area (Å²) in [6.45, 7) is 0. The van der Waals surface area contributed by atoms with Crippen LogP contribution in [0.2, 0.25) is 0 Å². The van der Waals surface area contributed by atoms with Gasteiger partial charge in [0.2, 0.25) is 0 Å². The van der Waals surface area contributed by atoms with Gasteiger partial charge in [0, 0.05) is 18.7 Å². The smallest absolute Gasteiger partial charge is 0.266 e. The van der Waals surface area contributed by atoms with Gasteiger partial charge in [0.25, 0.3) is 5.56 Å². The van der Waals surface area contributed by atoms with E-state index >= 15 is 0 Å². The maximum Gasteiger partial charge on any atom is 0.266 e. The summed E-state index contributed by atoms with van der Waals surface area (Å²) in [5.41, 5.74) is 2.18. The number of nitrogens with one attached hydrogen (secondary N) is 1. The van der Waals surface area contributed by atoms with Crippen LogP contribution in [0.1, 0.15) is 10.4 Å². The molecule has 0 bridgehead atoms. The number of nitrogens with zero attached hydrogens (tertiary/aromatic N) is 1. The number of rotatable bonds is 2. The van der Waals surface area contributed by atoms with Crippen molar-refractivity contribution in [2.75, 3.05) is 0 Å². The molecule has 0 saturated carbocycles. The maximum atomic E-state index is 11.2. The van der Waals surface area contributed by atoms with Crippen molar-refractivity contribution in [2.45, 2.75) is 0 Å². The first-order valence-corrected chi connectivity index (χ1v) is 4.52. The van der Waals surface area contributed by atoms with E-state index in [-0.39, 0.29) is 5.56 Å². The zero-order chi connectivity index (χ0) is 10.8. The minimum absolute atomic E-state index is 0.0792. The van der Waals surface area contributed by atoms with E-state index in [1.54, 1.807) is 31.3 Å². The van der Waals surface area contributed by atoms with E-state index in [0.29, 0.717) is 5.56 Å². The molecule has 2 aromatic rings. The quantitative estimate of drug-likeness (QED) is 0.744. The van der Waals surface area contributed by atoms with Crippen molar-refractivity contribution in [2.24, 2.45) is 7.05 Å². The summed E-state index contributed by atoms with van der Waals surface area (Å²) in [7, 11) is 1.66. The number of H-pyrrole nitrogens is 1. The molecule has 2 rings (SSSR count). The predicted molar refractivity (Wildman–Crippen MR) is 56.9 cm³/mol. The van der Waals surface area contributed by atoms with E-state index in [4.69, 9.17) is 0 Å². The van der Waals surface area contributed by atoms with Crippen LogP contribution in [0, 0.1) is 0 Å². The van der Waals surface area contributed by atoms with Gasteiger partial charge in [0.1, 0.15) is 6.29 Å². The Bertz CT molecular complexity index is 534. The Hall–Kier alpha value is -2.10. The zero-order valence-corrected chi connectivity index (χ0v) is 8.23. The minimum atomic E-state index is -0.0792. The van der Waals surface area contributed by atoms with Crippen LogP contribution in [0.3, 0.4) is 0 Å². The Morgan fingerprint density at radius 3 is 2.40 bits per heavy atom. The van der Waals surface area contributed by atoms with Crippen molar-refractivity contribution in [1.29, 1.82) is 0 Å². The second-order valence-corrected chi connectivity index (χ2v) is 3.31. The summed E-state index contributed by atoms with van der Waals surface area (Å²) >= 11 is 0. The van der Waals surface area contributed by atoms with Crippen molar-refractivity contribution >= 4 is 6.29 Å². The van der Waals surface area contributed by atoms with Gasteiger partial charge in [0.05, 0.1) is 5.69 Å². The molecule has 0 radical (unpaired) electrons. The summed E-state index contributed by atoms with van der Waals surface area (Å²) in [6.07, 6.45) is 0.789. The number of aromatic nitrogens is 2. The minimum Gasteiger partial charge on any atom is -0.298 e. The van der Waals surface area contributed by atoms with Gasteiger partial charge >= 0.3 is 0 Å². The van der Waals surface area contributed by atoms with Crippen molar-refractivity contribution in [3.63, 3.8) is 0 Å². The molecular weight excluding hydrogens is 192 g/mol. The maximum absolute atomic E-state index is 11.2. The van der Waals surface area contributed by atoms with E-state index < -0.39 is 0 Å². The number of hydrogen-bond acceptors (Lipinski definition) is 2. The average Bonchev–Trinajstić information content (AvgIpc) is 2.59. The Labute approximate surface area is 86.1 Å². The fraction of sp³-hybridized carbons (Fsp3) is 0.0909. The number of hydrogen-bond donors (Lipinski definition) is 1. The molecule has 15 heavy (non-hydrogen) atoms. The number of carbonyl (C=O) groups excluding carboxylic acids is 1. The van der Waals surface area contributed by atoms with Crippen molar-refractivity contribution < 1.29 is 4.79 Å². The van der Waals surface area contributed by atoms with Gasteiger partial charge < -0.3 is 0 Å². The van der Waals surface area contributed by atoms with Crippen LogP contribution in [-0.2, 0) is 7.05 Å². The summed E-state index contributed by atoms with van der Waals surface area (Å²) in [5, 5.41) is 2.91. The van der Waals surface area contributed by atoms with Crippen molar-refractivity contribution in [3.05, 3.63) is 46.2 Å². The highest BCUT2D eigenvalue weighted by Gasteiger charge is 2.02. The predicted octanol–water partition coefficient (Wildman–Crippen LogP) is 1.19. The van der Waals surface area contributed by atoms with Crippen molar-refractivity contribution in [1.82, 2.24) is 9.78 Å². The molecule has 1 aromatic heterocycles. The molecule has 76 valence electrons. The Balaban J connectivity index is 2.45. The van der Waals surface area contributed by atoms with Crippen LogP contribution in [-0.4, -0.2) is 16.1 Å². The number of benzene rings is 1. The molecule has 0 aliphatic rings. The summed E-state index contributed by atoms with van der Waals surface area (Å²) in [6, 6.07) is 8.56. The van der Waals surface area contributed by atoms with Crippen LogP contribution in [0.25, 0.3) is 11.3 Å². The molecule has 0 spiro atoms. The molecule has 1 N–H and O–H groups in total. The van der Waals surface area contributed by atoms with Gasteiger partial charge in [-0.05, 0) is 5.56 Å². The molecule has 0 atom stereocenters. The molecule has 0 amide bonds. The normalized spacial score (nSPS) is 10.2. The highest BCUT2D eigenvalue weighted by molar-refractivity contribution is 5.76. The lowest BCUT2D eigenvalue weighted by atomic mass is 10.1. The first kappa shape index (κ1) is 9.45. The van der Waals surface area contributed by atoms with E-state index in [1.165, 1.54) is 10.7 Å². The third-order valence-electron chi connectivity index (χ3n) is 2.24. The largest absolute Gasteiger partial charge is 0.298 e. The summed E-state index contributed by atoms with van der Waals surface area (Å²) < 4.78 is 1.41. The summed E-state index contributed by atoms with van der Waals surface area (Å²) in [5.74, 6) is 0. The molecule has 1 heterocycles. The molecule has 0 unspecified atom stereocenters. The van der Waals surface area contributed by atoms with E-state index in [2.05, 4.69) is 5.10 Å². The fourth-order valence-electron chi connectivity index (χ4n) is 1.38. The van der Waals surface area contributed by atoms with Crippen molar-refractivity contribution in [3.8, 4) is 11.3 Å². The van der Waals surface area contributed by atoms with E-state index in [1.807, 2.05) is 0 Å². The Kier molecular flexibility index (Phi) is 2.25. The number of aromatic amines is 1. The lowest BCUT2D eigenvalue weighted by molar-refractivity contribution is 0.112. The monoisotopic (exact) mass is 202 g/mol. The molecule has 4 heteroatoms. The lowest BCUT2D eigenvalue weighted by Crippen LogP contribution is -2.09. The van der Waals surface area contributed by atoms with Gasteiger partial charge in [-0.2, -0.15) is 0 Å². The van der Waals surface area contributed by atoms with Gasteiger partial charge in [-0.25, -0.2) is 0 Å². The zero-order valence-electron chi connectivity index (χ0n) is 8.23. The molecule has 0 aliphatic carbocycles. The molecule has 0 saturated heterocycles. The van der Waals surface area contributed by atoms with Gasteiger partial charge in [-0.3, -0.25) is 19.4 Å². The van der Waals surface area contributed by atoms with Crippen LogP contribution >= 0.6 is 0 Å². The summed E-state index contributed by atoms with van der Waals surface area (Å²) in [4.78, 5) is 21.7. The first-order valence-electron chi connectivity index (χ1n) is 4.52. The number of aldehydes is 1. The van der Waals surface area contributed by atoms with Crippen LogP contribution in [0.5, 0.6) is 0 Å². The molecule has 4 nitrogen and oxygen atoms in total. The topological polar surface area (TPSA) is 54.9 Å². The average molecular weight is 202 g/mol.